The smallest absolute Gasteiger partial charge is 0.337 e. The second-order valence-corrected chi connectivity index (χ2v) is 5.61. The number of rotatable bonds is 5. The number of aromatic carboxylic acids is 1. The Balaban J connectivity index is 1.98. The van der Waals surface area contributed by atoms with E-state index in [2.05, 4.69) is 22.1 Å². The lowest BCUT2D eigenvalue weighted by molar-refractivity contribution is 0.0697. The van der Waals surface area contributed by atoms with Crippen LogP contribution in [0.2, 0.25) is 5.02 Å². The van der Waals surface area contributed by atoms with Crippen LogP contribution in [0.1, 0.15) is 36.5 Å². The van der Waals surface area contributed by atoms with Crippen molar-refractivity contribution in [3.8, 4) is 0 Å². The van der Waals surface area contributed by atoms with Crippen molar-refractivity contribution in [1.82, 2.24) is 9.88 Å². The summed E-state index contributed by atoms with van der Waals surface area (Å²) < 4.78 is 0. The van der Waals surface area contributed by atoms with E-state index in [1.165, 1.54) is 31.5 Å². The minimum Gasteiger partial charge on any atom is -0.478 e. The second-order valence-electron chi connectivity index (χ2n) is 5.23. The van der Waals surface area contributed by atoms with Crippen molar-refractivity contribution in [2.75, 3.05) is 25.0 Å². The number of carbonyl (C=O) groups is 1. The Morgan fingerprint density at radius 2 is 2.20 bits per heavy atom. The third-order valence-electron chi connectivity index (χ3n) is 3.48. The van der Waals surface area contributed by atoms with Gasteiger partial charge < -0.3 is 15.3 Å². The van der Waals surface area contributed by atoms with Gasteiger partial charge in [0.15, 0.2) is 0 Å². The van der Waals surface area contributed by atoms with Gasteiger partial charge in [-0.15, -0.1) is 0 Å². The fourth-order valence-electron chi connectivity index (χ4n) is 2.52. The molecule has 0 aliphatic carbocycles. The molecular weight excluding hydrogens is 278 g/mol. The van der Waals surface area contributed by atoms with Gasteiger partial charge in [-0.2, -0.15) is 0 Å². The van der Waals surface area contributed by atoms with Gasteiger partial charge in [0, 0.05) is 18.8 Å². The van der Waals surface area contributed by atoms with Crippen LogP contribution in [0.3, 0.4) is 0 Å². The number of pyridine rings is 1. The van der Waals surface area contributed by atoms with Gasteiger partial charge in [0.05, 0.1) is 10.6 Å². The molecule has 1 aromatic rings. The standard InChI is InChI=1S/C14H20ClN3O2/c1-10(9-18-7-3-2-4-8-18)17-13-12(15)11(14(19)20)5-6-16-13/h5-6,10H,2-4,7-9H2,1H3,(H,16,17)(H,19,20). The van der Waals surface area contributed by atoms with Crippen LogP contribution in [0.15, 0.2) is 12.3 Å². The topological polar surface area (TPSA) is 65.5 Å². The maximum atomic E-state index is 11.0. The number of halogens is 1. The van der Waals surface area contributed by atoms with E-state index >= 15 is 0 Å². The van der Waals surface area contributed by atoms with Gasteiger partial charge >= 0.3 is 5.97 Å². The first kappa shape index (κ1) is 15.1. The molecule has 1 saturated heterocycles. The highest BCUT2D eigenvalue weighted by atomic mass is 35.5. The highest BCUT2D eigenvalue weighted by molar-refractivity contribution is 6.35. The summed E-state index contributed by atoms with van der Waals surface area (Å²) in [6, 6.07) is 1.58. The molecule has 0 spiro atoms. The number of aromatic nitrogens is 1. The highest BCUT2D eigenvalue weighted by Crippen LogP contribution is 2.24. The molecule has 2 rings (SSSR count). The van der Waals surface area contributed by atoms with Crippen LogP contribution >= 0.6 is 11.6 Å². The van der Waals surface area contributed by atoms with Gasteiger partial charge in [0.1, 0.15) is 5.82 Å². The van der Waals surface area contributed by atoms with Crippen LogP contribution in [0.5, 0.6) is 0 Å². The van der Waals surface area contributed by atoms with Gasteiger partial charge in [0.2, 0.25) is 0 Å². The van der Waals surface area contributed by atoms with Crippen molar-refractivity contribution in [3.05, 3.63) is 22.8 Å². The Labute approximate surface area is 123 Å². The van der Waals surface area contributed by atoms with Crippen molar-refractivity contribution >= 4 is 23.4 Å². The maximum Gasteiger partial charge on any atom is 0.337 e. The number of hydrogen-bond acceptors (Lipinski definition) is 4. The Morgan fingerprint density at radius 1 is 1.50 bits per heavy atom. The molecule has 20 heavy (non-hydrogen) atoms. The maximum absolute atomic E-state index is 11.0. The van der Waals surface area contributed by atoms with E-state index in [0.29, 0.717) is 5.82 Å². The third kappa shape index (κ3) is 3.84. The van der Waals surface area contributed by atoms with Crippen LogP contribution in [0.4, 0.5) is 5.82 Å². The molecule has 1 aromatic heterocycles. The molecule has 110 valence electrons. The number of hydrogen-bond donors (Lipinski definition) is 2. The first-order valence-corrected chi connectivity index (χ1v) is 7.32. The fraction of sp³-hybridized carbons (Fsp3) is 0.571. The fourth-order valence-corrected chi connectivity index (χ4v) is 2.77. The Kier molecular flexibility index (Phi) is 5.20. The molecule has 0 aromatic carbocycles. The third-order valence-corrected chi connectivity index (χ3v) is 3.87. The van der Waals surface area contributed by atoms with Crippen molar-refractivity contribution in [1.29, 1.82) is 0 Å². The number of carboxylic acids is 1. The Hall–Kier alpha value is -1.33. The largest absolute Gasteiger partial charge is 0.478 e. The number of nitrogens with one attached hydrogen (secondary N) is 1. The molecular formula is C14H20ClN3O2. The molecule has 0 amide bonds. The molecule has 5 nitrogen and oxygen atoms in total. The zero-order valence-electron chi connectivity index (χ0n) is 11.6. The van der Waals surface area contributed by atoms with E-state index in [9.17, 15) is 4.79 Å². The zero-order chi connectivity index (χ0) is 14.5. The van der Waals surface area contributed by atoms with E-state index in [-0.39, 0.29) is 16.6 Å². The Morgan fingerprint density at radius 3 is 2.85 bits per heavy atom. The number of piperidine rings is 1. The summed E-state index contributed by atoms with van der Waals surface area (Å²) in [5, 5.41) is 12.4. The monoisotopic (exact) mass is 297 g/mol. The van der Waals surface area contributed by atoms with E-state index in [0.717, 1.165) is 19.6 Å². The summed E-state index contributed by atoms with van der Waals surface area (Å²) in [5.74, 6) is -0.597. The summed E-state index contributed by atoms with van der Waals surface area (Å²) in [6.45, 7) is 5.22. The lowest BCUT2D eigenvalue weighted by Crippen LogP contribution is -2.38. The first-order valence-electron chi connectivity index (χ1n) is 6.94. The van der Waals surface area contributed by atoms with Gasteiger partial charge in [-0.25, -0.2) is 9.78 Å². The van der Waals surface area contributed by atoms with E-state index in [1.54, 1.807) is 0 Å². The van der Waals surface area contributed by atoms with Crippen LogP contribution in [-0.2, 0) is 0 Å². The minimum atomic E-state index is -1.04. The number of likely N-dealkylation sites (tertiary alicyclic amines) is 1. The molecule has 2 N–H and O–H groups in total. The summed E-state index contributed by atoms with van der Waals surface area (Å²) in [7, 11) is 0. The van der Waals surface area contributed by atoms with Crippen molar-refractivity contribution in [3.63, 3.8) is 0 Å². The average molecular weight is 298 g/mol. The molecule has 1 aliphatic rings. The molecule has 2 heterocycles. The van der Waals surface area contributed by atoms with E-state index < -0.39 is 5.97 Å². The minimum absolute atomic E-state index is 0.0781. The summed E-state index contributed by atoms with van der Waals surface area (Å²) in [6.07, 6.45) is 5.28. The normalized spacial score (nSPS) is 17.7. The molecule has 6 heteroatoms. The molecule has 1 unspecified atom stereocenters. The number of anilines is 1. The van der Waals surface area contributed by atoms with E-state index in [4.69, 9.17) is 16.7 Å². The average Bonchev–Trinajstić information content (AvgIpc) is 2.42. The van der Waals surface area contributed by atoms with E-state index in [1.807, 2.05) is 0 Å². The van der Waals surface area contributed by atoms with Crippen LogP contribution < -0.4 is 5.32 Å². The van der Waals surface area contributed by atoms with Crippen molar-refractivity contribution < 1.29 is 9.90 Å². The van der Waals surface area contributed by atoms with Gasteiger partial charge in [-0.1, -0.05) is 18.0 Å². The molecule has 0 radical (unpaired) electrons. The predicted octanol–water partition coefficient (Wildman–Crippen LogP) is 2.72. The SMILES string of the molecule is CC(CN1CCCCC1)Nc1nccc(C(=O)O)c1Cl. The van der Waals surface area contributed by atoms with Crippen molar-refractivity contribution in [2.24, 2.45) is 0 Å². The van der Waals surface area contributed by atoms with Gasteiger partial charge in [0.25, 0.3) is 0 Å². The number of carboxylic acid groups (broad SMARTS) is 1. The summed E-state index contributed by atoms with van der Waals surface area (Å²) in [4.78, 5) is 17.6. The molecule has 1 fully saturated rings. The van der Waals surface area contributed by atoms with Crippen LogP contribution in [0, 0.1) is 0 Å². The Bertz CT molecular complexity index is 475. The number of nitrogens with zero attached hydrogens (tertiary/aromatic N) is 2. The summed E-state index contributed by atoms with van der Waals surface area (Å²) >= 11 is 6.07. The lowest BCUT2D eigenvalue weighted by atomic mass is 10.1. The van der Waals surface area contributed by atoms with Crippen LogP contribution in [0.25, 0.3) is 0 Å². The van der Waals surface area contributed by atoms with Crippen molar-refractivity contribution in [2.45, 2.75) is 32.2 Å². The second kappa shape index (κ2) is 6.90. The predicted molar refractivity (Wildman–Crippen MR) is 79.6 cm³/mol. The molecule has 0 bridgehead atoms. The quantitative estimate of drug-likeness (QED) is 0.875. The highest BCUT2D eigenvalue weighted by Gasteiger charge is 2.17. The summed E-state index contributed by atoms with van der Waals surface area (Å²) in [5.41, 5.74) is 0.0781. The van der Waals surface area contributed by atoms with Gasteiger partial charge in [-0.05, 0) is 38.9 Å². The molecule has 1 aliphatic heterocycles. The molecule has 1 atom stereocenters. The first-order chi connectivity index (χ1) is 9.58. The zero-order valence-corrected chi connectivity index (χ0v) is 12.4. The van der Waals surface area contributed by atoms with Gasteiger partial charge in [-0.3, -0.25) is 0 Å². The lowest BCUT2D eigenvalue weighted by Gasteiger charge is -2.29. The van der Waals surface area contributed by atoms with Crippen LogP contribution in [-0.4, -0.2) is 46.6 Å². The molecule has 0 saturated carbocycles.